The molecule has 0 saturated heterocycles. The zero-order chi connectivity index (χ0) is 11.4. The van der Waals surface area contributed by atoms with Crippen molar-refractivity contribution in [1.29, 1.82) is 0 Å². The third kappa shape index (κ3) is 2.59. The van der Waals surface area contributed by atoms with Crippen LogP contribution in [0.15, 0.2) is 35.5 Å². The molecule has 1 aromatic carbocycles. The van der Waals surface area contributed by atoms with Gasteiger partial charge >= 0.3 is 5.97 Å². The van der Waals surface area contributed by atoms with E-state index in [-0.39, 0.29) is 18.7 Å². The van der Waals surface area contributed by atoms with Crippen molar-refractivity contribution in [3.8, 4) is 0 Å². The minimum absolute atomic E-state index is 0.154. The van der Waals surface area contributed by atoms with Gasteiger partial charge in [0.25, 0.3) is 0 Å². The van der Waals surface area contributed by atoms with Crippen molar-refractivity contribution in [3.63, 3.8) is 0 Å². The van der Waals surface area contributed by atoms with Crippen LogP contribution in [-0.2, 0) is 14.4 Å². The summed E-state index contributed by atoms with van der Waals surface area (Å²) in [5.41, 5.74) is 1.95. The second-order valence-electron chi connectivity index (χ2n) is 3.64. The minimum atomic E-state index is -0.295. The maximum absolute atomic E-state index is 10.6. The molecule has 1 unspecified atom stereocenters. The summed E-state index contributed by atoms with van der Waals surface area (Å²) in [6, 6.07) is 9.83. The molecule has 1 aliphatic heterocycles. The summed E-state index contributed by atoms with van der Waals surface area (Å²) in [6.07, 6.45) is 0.524. The van der Waals surface area contributed by atoms with E-state index in [0.717, 1.165) is 11.3 Å². The normalized spacial score (nSPS) is 18.8. The topological polar surface area (TPSA) is 47.9 Å². The maximum atomic E-state index is 10.6. The van der Waals surface area contributed by atoms with E-state index in [4.69, 9.17) is 9.57 Å². The van der Waals surface area contributed by atoms with Crippen LogP contribution < -0.4 is 0 Å². The molecule has 1 aromatic rings. The first-order valence-corrected chi connectivity index (χ1v) is 5.17. The van der Waals surface area contributed by atoms with Crippen molar-refractivity contribution in [2.45, 2.75) is 19.4 Å². The summed E-state index contributed by atoms with van der Waals surface area (Å²) in [7, 11) is 0. The summed E-state index contributed by atoms with van der Waals surface area (Å²) in [6.45, 7) is 1.64. The fourth-order valence-corrected chi connectivity index (χ4v) is 1.53. The van der Waals surface area contributed by atoms with Gasteiger partial charge in [0, 0.05) is 13.3 Å². The number of carbonyl (C=O) groups excluding carboxylic acids is 1. The van der Waals surface area contributed by atoms with Gasteiger partial charge in [-0.1, -0.05) is 35.5 Å². The van der Waals surface area contributed by atoms with Crippen molar-refractivity contribution in [1.82, 2.24) is 0 Å². The molecule has 0 spiro atoms. The van der Waals surface area contributed by atoms with Gasteiger partial charge in [-0.25, -0.2) is 0 Å². The van der Waals surface area contributed by atoms with Gasteiger partial charge in [-0.05, 0) is 5.56 Å². The van der Waals surface area contributed by atoms with Crippen LogP contribution in [0.3, 0.4) is 0 Å². The van der Waals surface area contributed by atoms with Crippen LogP contribution in [0.25, 0.3) is 0 Å². The number of hydrogen-bond acceptors (Lipinski definition) is 4. The highest BCUT2D eigenvalue weighted by Crippen LogP contribution is 2.16. The zero-order valence-electron chi connectivity index (χ0n) is 9.05. The van der Waals surface area contributed by atoms with Gasteiger partial charge in [0.2, 0.25) is 0 Å². The fourth-order valence-electron chi connectivity index (χ4n) is 1.53. The van der Waals surface area contributed by atoms with Gasteiger partial charge < -0.3 is 9.57 Å². The Morgan fingerprint density at radius 1 is 1.50 bits per heavy atom. The Bertz CT molecular complexity index is 400. The van der Waals surface area contributed by atoms with Crippen LogP contribution in [0.4, 0.5) is 0 Å². The van der Waals surface area contributed by atoms with Gasteiger partial charge in [0.1, 0.15) is 6.61 Å². The monoisotopic (exact) mass is 219 g/mol. The Labute approximate surface area is 93.9 Å². The van der Waals surface area contributed by atoms with Crippen LogP contribution in [0.5, 0.6) is 0 Å². The number of benzene rings is 1. The molecule has 0 N–H and O–H groups in total. The molecule has 0 saturated carbocycles. The van der Waals surface area contributed by atoms with Gasteiger partial charge in [0.05, 0.1) is 5.71 Å². The molecule has 0 fully saturated rings. The van der Waals surface area contributed by atoms with E-state index in [0.29, 0.717) is 6.42 Å². The predicted octanol–water partition coefficient (Wildman–Crippen LogP) is 1.74. The first-order valence-electron chi connectivity index (χ1n) is 5.17. The van der Waals surface area contributed by atoms with E-state index in [1.54, 1.807) is 0 Å². The van der Waals surface area contributed by atoms with Gasteiger partial charge in [-0.15, -0.1) is 0 Å². The molecule has 4 nitrogen and oxygen atoms in total. The van der Waals surface area contributed by atoms with Crippen LogP contribution in [0.2, 0.25) is 0 Å². The van der Waals surface area contributed by atoms with E-state index < -0.39 is 0 Å². The summed E-state index contributed by atoms with van der Waals surface area (Å²) in [5.74, 6) is -0.295. The molecular formula is C12H13NO3. The number of ether oxygens (including phenoxy) is 1. The van der Waals surface area contributed by atoms with Crippen molar-refractivity contribution in [2.24, 2.45) is 5.16 Å². The van der Waals surface area contributed by atoms with E-state index >= 15 is 0 Å². The molecular weight excluding hydrogens is 206 g/mol. The smallest absolute Gasteiger partial charge is 0.302 e. The van der Waals surface area contributed by atoms with Crippen LogP contribution >= 0.6 is 0 Å². The van der Waals surface area contributed by atoms with E-state index in [1.165, 1.54) is 6.92 Å². The summed E-state index contributed by atoms with van der Waals surface area (Å²) in [5, 5.41) is 3.99. The zero-order valence-corrected chi connectivity index (χ0v) is 9.05. The Hall–Kier alpha value is -1.84. The molecule has 0 aromatic heterocycles. The standard InChI is InChI=1S/C12H13NO3/c1-9(14)15-8-11-7-12(13-16-11)10-5-3-2-4-6-10/h2-6,11H,7-8H2,1H3. The number of nitrogens with zero attached hydrogens (tertiary/aromatic N) is 1. The average Bonchev–Trinajstić information content (AvgIpc) is 2.76. The molecule has 84 valence electrons. The number of carbonyl (C=O) groups is 1. The largest absolute Gasteiger partial charge is 0.462 e. The van der Waals surface area contributed by atoms with Gasteiger partial charge in [-0.3, -0.25) is 4.79 Å². The lowest BCUT2D eigenvalue weighted by atomic mass is 10.1. The quantitative estimate of drug-likeness (QED) is 0.727. The molecule has 1 heterocycles. The number of rotatable bonds is 3. The molecule has 16 heavy (non-hydrogen) atoms. The van der Waals surface area contributed by atoms with Gasteiger partial charge in [-0.2, -0.15) is 0 Å². The molecule has 0 bridgehead atoms. The third-order valence-electron chi connectivity index (χ3n) is 2.31. The highest BCUT2D eigenvalue weighted by Gasteiger charge is 2.22. The highest BCUT2D eigenvalue weighted by molar-refractivity contribution is 6.01. The van der Waals surface area contributed by atoms with Crippen LogP contribution in [-0.4, -0.2) is 24.4 Å². The number of esters is 1. The molecule has 2 rings (SSSR count). The molecule has 1 atom stereocenters. The third-order valence-corrected chi connectivity index (χ3v) is 2.31. The number of hydrogen-bond donors (Lipinski definition) is 0. The van der Waals surface area contributed by atoms with Gasteiger partial charge in [0.15, 0.2) is 6.10 Å². The SMILES string of the molecule is CC(=O)OCC1CC(c2ccccc2)=NO1. The maximum Gasteiger partial charge on any atom is 0.302 e. The summed E-state index contributed by atoms with van der Waals surface area (Å²) in [4.78, 5) is 15.8. The molecule has 4 heteroatoms. The second-order valence-corrected chi connectivity index (χ2v) is 3.64. The van der Waals surface area contributed by atoms with E-state index in [1.807, 2.05) is 30.3 Å². The highest BCUT2D eigenvalue weighted by atomic mass is 16.7. The van der Waals surface area contributed by atoms with Crippen LogP contribution in [0.1, 0.15) is 18.9 Å². The predicted molar refractivity (Wildman–Crippen MR) is 59.1 cm³/mol. The Balaban J connectivity index is 1.90. The fraction of sp³-hybridized carbons (Fsp3) is 0.333. The first-order chi connectivity index (χ1) is 7.75. The number of oxime groups is 1. The molecule has 1 aliphatic rings. The average molecular weight is 219 g/mol. The second kappa shape index (κ2) is 4.79. The molecule has 0 aliphatic carbocycles. The lowest BCUT2D eigenvalue weighted by Crippen LogP contribution is -2.17. The van der Waals surface area contributed by atoms with Crippen molar-refractivity contribution in [3.05, 3.63) is 35.9 Å². The lowest BCUT2D eigenvalue weighted by Gasteiger charge is -2.07. The van der Waals surface area contributed by atoms with Crippen molar-refractivity contribution in [2.75, 3.05) is 6.61 Å². The molecule has 0 radical (unpaired) electrons. The first kappa shape index (κ1) is 10.7. The van der Waals surface area contributed by atoms with Crippen LogP contribution in [0, 0.1) is 0 Å². The van der Waals surface area contributed by atoms with E-state index in [9.17, 15) is 4.79 Å². The Morgan fingerprint density at radius 3 is 2.94 bits per heavy atom. The van der Waals surface area contributed by atoms with Crippen molar-refractivity contribution >= 4 is 11.7 Å². The Morgan fingerprint density at radius 2 is 2.25 bits per heavy atom. The lowest BCUT2D eigenvalue weighted by molar-refractivity contribution is -0.144. The summed E-state index contributed by atoms with van der Waals surface area (Å²) >= 11 is 0. The molecule has 0 amide bonds. The van der Waals surface area contributed by atoms with Crippen molar-refractivity contribution < 1.29 is 14.4 Å². The Kier molecular flexibility index (Phi) is 3.19. The summed E-state index contributed by atoms with van der Waals surface area (Å²) < 4.78 is 4.87. The van der Waals surface area contributed by atoms with E-state index in [2.05, 4.69) is 5.16 Å². The minimum Gasteiger partial charge on any atom is -0.462 e.